The molecule has 0 unspecified atom stereocenters. The monoisotopic (exact) mass is 358 g/mol. The van der Waals surface area contributed by atoms with Crippen molar-refractivity contribution < 1.29 is 18.0 Å². The van der Waals surface area contributed by atoms with Gasteiger partial charge in [-0.05, 0) is 35.7 Å². The van der Waals surface area contributed by atoms with Crippen LogP contribution in [-0.2, 0) is 13.2 Å². The molecule has 23 heavy (non-hydrogen) atoms. The zero-order valence-electron chi connectivity index (χ0n) is 11.7. The van der Waals surface area contributed by atoms with Gasteiger partial charge in [0.2, 0.25) is 0 Å². The van der Waals surface area contributed by atoms with Crippen molar-refractivity contribution in [3.8, 4) is 0 Å². The minimum absolute atomic E-state index is 0.0439. The molecule has 120 valence electrons. The molecule has 0 saturated heterocycles. The second-order valence-electron chi connectivity index (χ2n) is 4.91. The molecule has 0 radical (unpaired) electrons. The number of fused-ring (bicyclic) bond motifs is 1. The SMILES string of the molecule is Cn1c(C(=O)Nc2cc(C(F)(F)F)ccc2Cl)cc2sccc21. The lowest BCUT2D eigenvalue weighted by atomic mass is 10.2. The van der Waals surface area contributed by atoms with Crippen molar-refractivity contribution in [3.05, 3.63) is 52.0 Å². The summed E-state index contributed by atoms with van der Waals surface area (Å²) in [6.45, 7) is 0. The summed E-state index contributed by atoms with van der Waals surface area (Å²) in [5, 5.41) is 4.39. The maximum atomic E-state index is 12.8. The zero-order chi connectivity index (χ0) is 16.8. The Morgan fingerprint density at radius 1 is 1.26 bits per heavy atom. The molecule has 0 aliphatic heterocycles. The number of hydrogen-bond acceptors (Lipinski definition) is 2. The Bertz CT molecular complexity index is 898. The Labute approximate surface area is 138 Å². The van der Waals surface area contributed by atoms with E-state index in [0.29, 0.717) is 5.69 Å². The van der Waals surface area contributed by atoms with Crippen molar-refractivity contribution in [2.24, 2.45) is 7.05 Å². The number of carbonyl (C=O) groups is 1. The summed E-state index contributed by atoms with van der Waals surface area (Å²) in [5.41, 5.74) is 0.289. The highest BCUT2D eigenvalue weighted by Crippen LogP contribution is 2.34. The lowest BCUT2D eigenvalue weighted by Crippen LogP contribution is -2.16. The molecule has 2 heterocycles. The maximum absolute atomic E-state index is 12.8. The van der Waals surface area contributed by atoms with Gasteiger partial charge in [-0.25, -0.2) is 0 Å². The van der Waals surface area contributed by atoms with E-state index in [9.17, 15) is 18.0 Å². The van der Waals surface area contributed by atoms with Gasteiger partial charge in [-0.15, -0.1) is 11.3 Å². The van der Waals surface area contributed by atoms with Crippen molar-refractivity contribution >= 4 is 44.7 Å². The van der Waals surface area contributed by atoms with E-state index in [2.05, 4.69) is 5.32 Å². The number of halogens is 4. The minimum Gasteiger partial charge on any atom is -0.339 e. The predicted octanol–water partition coefficient (Wildman–Crippen LogP) is 5.16. The number of hydrogen-bond donors (Lipinski definition) is 1. The number of aryl methyl sites for hydroxylation is 1. The molecule has 0 aliphatic rings. The topological polar surface area (TPSA) is 34.0 Å². The first-order valence-electron chi connectivity index (χ1n) is 6.48. The number of nitrogens with zero attached hydrogens (tertiary/aromatic N) is 1. The van der Waals surface area contributed by atoms with E-state index < -0.39 is 17.6 Å². The van der Waals surface area contributed by atoms with Crippen molar-refractivity contribution in [3.63, 3.8) is 0 Å². The molecule has 0 saturated carbocycles. The van der Waals surface area contributed by atoms with Crippen LogP contribution >= 0.6 is 22.9 Å². The number of benzene rings is 1. The fourth-order valence-electron chi connectivity index (χ4n) is 2.25. The minimum atomic E-state index is -4.50. The van der Waals surface area contributed by atoms with E-state index in [0.717, 1.165) is 28.4 Å². The van der Waals surface area contributed by atoms with Gasteiger partial charge in [0, 0.05) is 7.05 Å². The van der Waals surface area contributed by atoms with Crippen LogP contribution in [0, 0.1) is 0 Å². The summed E-state index contributed by atoms with van der Waals surface area (Å²) in [5.74, 6) is -0.517. The van der Waals surface area contributed by atoms with Crippen molar-refractivity contribution in [1.82, 2.24) is 4.57 Å². The van der Waals surface area contributed by atoms with Gasteiger partial charge in [0.05, 0.1) is 26.5 Å². The molecule has 1 aromatic carbocycles. The van der Waals surface area contributed by atoms with Gasteiger partial charge in [-0.2, -0.15) is 13.2 Å². The van der Waals surface area contributed by atoms with Crippen molar-refractivity contribution in [2.45, 2.75) is 6.18 Å². The Morgan fingerprint density at radius 2 is 2.00 bits per heavy atom. The van der Waals surface area contributed by atoms with Gasteiger partial charge >= 0.3 is 6.18 Å². The molecule has 3 aromatic rings. The molecule has 1 N–H and O–H groups in total. The van der Waals surface area contributed by atoms with Crippen LogP contribution in [0.15, 0.2) is 35.7 Å². The molecular weight excluding hydrogens is 349 g/mol. The molecule has 8 heteroatoms. The molecule has 2 aromatic heterocycles. The van der Waals surface area contributed by atoms with E-state index in [4.69, 9.17) is 11.6 Å². The molecular formula is C15H10ClF3N2OS. The first-order chi connectivity index (χ1) is 10.8. The summed E-state index contributed by atoms with van der Waals surface area (Å²) < 4.78 is 40.9. The molecule has 0 fully saturated rings. The standard InChI is InChI=1S/C15H10ClF3N2OS/c1-21-11-4-5-23-13(11)7-12(21)14(22)20-10-6-8(15(17,18)19)2-3-9(10)16/h2-7H,1H3,(H,20,22). The van der Waals surface area contributed by atoms with Crippen molar-refractivity contribution in [2.75, 3.05) is 5.32 Å². The maximum Gasteiger partial charge on any atom is 0.416 e. The number of amides is 1. The lowest BCUT2D eigenvalue weighted by Gasteiger charge is -2.12. The van der Waals surface area contributed by atoms with Crippen LogP contribution in [-0.4, -0.2) is 10.5 Å². The van der Waals surface area contributed by atoms with E-state index in [1.54, 1.807) is 17.7 Å². The van der Waals surface area contributed by atoms with E-state index in [-0.39, 0.29) is 10.7 Å². The van der Waals surface area contributed by atoms with Crippen molar-refractivity contribution in [1.29, 1.82) is 0 Å². The van der Waals surface area contributed by atoms with Crippen LogP contribution in [0.2, 0.25) is 5.02 Å². The molecule has 0 bridgehead atoms. The van der Waals surface area contributed by atoms with Crippen LogP contribution in [0.25, 0.3) is 10.2 Å². The third-order valence-electron chi connectivity index (χ3n) is 3.44. The fourth-order valence-corrected chi connectivity index (χ4v) is 3.27. The van der Waals surface area contributed by atoms with Gasteiger partial charge in [-0.1, -0.05) is 11.6 Å². The molecule has 0 aliphatic carbocycles. The Balaban J connectivity index is 1.93. The zero-order valence-corrected chi connectivity index (χ0v) is 13.3. The summed E-state index contributed by atoms with van der Waals surface area (Å²) in [6.07, 6.45) is -4.50. The number of anilines is 1. The molecule has 3 nitrogen and oxygen atoms in total. The second kappa shape index (κ2) is 5.58. The average molecular weight is 359 g/mol. The number of aromatic nitrogens is 1. The number of carbonyl (C=O) groups excluding carboxylic acids is 1. The smallest absolute Gasteiger partial charge is 0.339 e. The summed E-state index contributed by atoms with van der Waals surface area (Å²) in [6, 6.07) is 6.37. The van der Waals surface area contributed by atoms with Crippen LogP contribution in [0.1, 0.15) is 16.1 Å². The first kappa shape index (κ1) is 15.9. The third kappa shape index (κ3) is 2.94. The van der Waals surface area contributed by atoms with Gasteiger partial charge in [0.25, 0.3) is 5.91 Å². The third-order valence-corrected chi connectivity index (χ3v) is 4.62. The van der Waals surface area contributed by atoms with E-state index >= 15 is 0 Å². The lowest BCUT2D eigenvalue weighted by molar-refractivity contribution is -0.137. The quantitative estimate of drug-likeness (QED) is 0.674. The Kier molecular flexibility index (Phi) is 3.85. The summed E-state index contributed by atoms with van der Waals surface area (Å²) in [7, 11) is 1.72. The summed E-state index contributed by atoms with van der Waals surface area (Å²) in [4.78, 5) is 12.3. The van der Waals surface area contributed by atoms with E-state index in [1.807, 2.05) is 11.4 Å². The first-order valence-corrected chi connectivity index (χ1v) is 7.74. The van der Waals surface area contributed by atoms with Gasteiger partial charge in [0.15, 0.2) is 0 Å². The van der Waals surface area contributed by atoms with Gasteiger partial charge < -0.3 is 9.88 Å². The van der Waals surface area contributed by atoms with Crippen LogP contribution < -0.4 is 5.32 Å². The average Bonchev–Trinajstić information content (AvgIpc) is 3.03. The highest BCUT2D eigenvalue weighted by molar-refractivity contribution is 7.17. The number of alkyl halides is 3. The molecule has 1 amide bonds. The normalized spacial score (nSPS) is 11.9. The fraction of sp³-hybridized carbons (Fsp3) is 0.133. The highest BCUT2D eigenvalue weighted by atomic mass is 35.5. The molecule has 0 atom stereocenters. The summed E-state index contributed by atoms with van der Waals surface area (Å²) >= 11 is 7.37. The second-order valence-corrected chi connectivity index (χ2v) is 6.26. The van der Waals surface area contributed by atoms with Crippen LogP contribution in [0.5, 0.6) is 0 Å². The highest BCUT2D eigenvalue weighted by Gasteiger charge is 2.31. The van der Waals surface area contributed by atoms with E-state index in [1.165, 1.54) is 11.3 Å². The number of rotatable bonds is 2. The molecule has 0 spiro atoms. The van der Waals surface area contributed by atoms with Crippen LogP contribution in [0.4, 0.5) is 18.9 Å². The predicted molar refractivity (Wildman–Crippen MR) is 85.2 cm³/mol. The largest absolute Gasteiger partial charge is 0.416 e. The van der Waals surface area contributed by atoms with Gasteiger partial charge in [-0.3, -0.25) is 4.79 Å². The number of nitrogens with one attached hydrogen (secondary N) is 1. The number of thiophene rings is 1. The Hall–Kier alpha value is -1.99. The Morgan fingerprint density at radius 3 is 2.65 bits per heavy atom. The van der Waals surface area contributed by atoms with Gasteiger partial charge in [0.1, 0.15) is 5.69 Å². The van der Waals surface area contributed by atoms with Crippen LogP contribution in [0.3, 0.4) is 0 Å². The molecule has 3 rings (SSSR count).